The summed E-state index contributed by atoms with van der Waals surface area (Å²) in [5.74, 6) is 0.831. The molecule has 0 spiro atoms. The second-order valence-corrected chi connectivity index (χ2v) is 9.87. The van der Waals surface area contributed by atoms with Gasteiger partial charge in [-0.1, -0.05) is 18.2 Å². The predicted octanol–water partition coefficient (Wildman–Crippen LogP) is 2.77. The Morgan fingerprint density at radius 2 is 2.03 bits per heavy atom. The SMILES string of the molecule is O=C(c1nn(C2CCN(CCn3ccnc3)C2)c2c1CSc1ccccc1-2)N1CCOCC1. The van der Waals surface area contributed by atoms with E-state index in [-0.39, 0.29) is 11.9 Å². The van der Waals surface area contributed by atoms with E-state index in [1.165, 1.54) is 10.5 Å². The molecule has 2 fully saturated rings. The van der Waals surface area contributed by atoms with Crippen molar-refractivity contribution in [1.82, 2.24) is 29.1 Å². The van der Waals surface area contributed by atoms with Crippen molar-refractivity contribution < 1.29 is 9.53 Å². The molecule has 1 unspecified atom stereocenters. The molecule has 1 atom stereocenters. The van der Waals surface area contributed by atoms with E-state index < -0.39 is 0 Å². The van der Waals surface area contributed by atoms with Gasteiger partial charge in [-0.3, -0.25) is 14.4 Å². The van der Waals surface area contributed by atoms with E-state index in [0.29, 0.717) is 32.0 Å². The first-order valence-electron chi connectivity index (χ1n) is 11.7. The molecule has 33 heavy (non-hydrogen) atoms. The van der Waals surface area contributed by atoms with Gasteiger partial charge in [-0.05, 0) is 12.5 Å². The van der Waals surface area contributed by atoms with Crippen molar-refractivity contribution in [1.29, 1.82) is 0 Å². The monoisotopic (exact) mass is 464 g/mol. The number of hydrogen-bond acceptors (Lipinski definition) is 6. The quantitative estimate of drug-likeness (QED) is 0.579. The van der Waals surface area contributed by atoms with Gasteiger partial charge in [0, 0.05) is 73.4 Å². The molecular formula is C24H28N6O2S. The molecule has 2 aromatic heterocycles. The number of carbonyl (C=O) groups excluding carboxylic acids is 1. The Morgan fingerprint density at radius 3 is 2.88 bits per heavy atom. The minimum Gasteiger partial charge on any atom is -0.378 e. The number of imidazole rings is 1. The van der Waals surface area contributed by atoms with Crippen molar-refractivity contribution in [2.45, 2.75) is 29.7 Å². The van der Waals surface area contributed by atoms with Crippen LogP contribution >= 0.6 is 11.8 Å². The van der Waals surface area contributed by atoms with Gasteiger partial charge < -0.3 is 14.2 Å². The van der Waals surface area contributed by atoms with Gasteiger partial charge in [-0.2, -0.15) is 5.10 Å². The van der Waals surface area contributed by atoms with E-state index in [2.05, 4.69) is 43.4 Å². The summed E-state index contributed by atoms with van der Waals surface area (Å²) in [6.07, 6.45) is 6.74. The number of morpholine rings is 1. The molecule has 9 heteroatoms. The molecule has 3 aliphatic heterocycles. The summed E-state index contributed by atoms with van der Waals surface area (Å²) in [7, 11) is 0. The van der Waals surface area contributed by atoms with Crippen LogP contribution in [0.1, 0.15) is 28.5 Å². The lowest BCUT2D eigenvalue weighted by Crippen LogP contribution is -2.41. The van der Waals surface area contributed by atoms with Crippen LogP contribution in [-0.4, -0.2) is 81.0 Å². The minimum atomic E-state index is 0.0447. The Balaban J connectivity index is 1.31. The van der Waals surface area contributed by atoms with E-state index in [1.54, 1.807) is 11.8 Å². The average molecular weight is 465 g/mol. The third-order valence-electron chi connectivity index (χ3n) is 6.85. The van der Waals surface area contributed by atoms with Crippen LogP contribution in [0.4, 0.5) is 0 Å². The molecule has 3 aliphatic rings. The molecule has 5 heterocycles. The van der Waals surface area contributed by atoms with Crippen LogP contribution in [-0.2, 0) is 17.0 Å². The molecular weight excluding hydrogens is 436 g/mol. The van der Waals surface area contributed by atoms with Crippen LogP contribution in [0.15, 0.2) is 47.9 Å². The van der Waals surface area contributed by atoms with E-state index in [4.69, 9.17) is 9.84 Å². The van der Waals surface area contributed by atoms with Crippen molar-refractivity contribution in [3.63, 3.8) is 0 Å². The van der Waals surface area contributed by atoms with Crippen LogP contribution in [0.2, 0.25) is 0 Å². The Bertz CT molecular complexity index is 1140. The molecule has 0 bridgehead atoms. The molecule has 0 radical (unpaired) electrons. The molecule has 3 aromatic rings. The highest BCUT2D eigenvalue weighted by Gasteiger charge is 2.35. The largest absolute Gasteiger partial charge is 0.378 e. The first-order valence-corrected chi connectivity index (χ1v) is 12.6. The first kappa shape index (κ1) is 20.9. The summed E-state index contributed by atoms with van der Waals surface area (Å²) in [6, 6.07) is 8.79. The maximum atomic E-state index is 13.5. The summed E-state index contributed by atoms with van der Waals surface area (Å²) in [4.78, 5) is 23.3. The van der Waals surface area contributed by atoms with Gasteiger partial charge >= 0.3 is 0 Å². The van der Waals surface area contributed by atoms with Gasteiger partial charge in [0.25, 0.3) is 5.91 Å². The number of likely N-dealkylation sites (tertiary alicyclic amines) is 1. The lowest BCUT2D eigenvalue weighted by atomic mass is 10.0. The smallest absolute Gasteiger partial charge is 0.274 e. The third-order valence-corrected chi connectivity index (χ3v) is 7.95. The van der Waals surface area contributed by atoms with Crippen LogP contribution in [0, 0.1) is 0 Å². The number of fused-ring (bicyclic) bond motifs is 3. The van der Waals surface area contributed by atoms with Gasteiger partial charge in [0.05, 0.1) is 31.3 Å². The van der Waals surface area contributed by atoms with Crippen LogP contribution in [0.5, 0.6) is 0 Å². The lowest BCUT2D eigenvalue weighted by molar-refractivity contribution is 0.0297. The highest BCUT2D eigenvalue weighted by molar-refractivity contribution is 7.98. The zero-order chi connectivity index (χ0) is 22.2. The predicted molar refractivity (Wildman–Crippen MR) is 126 cm³/mol. The van der Waals surface area contributed by atoms with E-state index in [1.807, 2.05) is 23.6 Å². The minimum absolute atomic E-state index is 0.0447. The number of nitrogens with zero attached hydrogens (tertiary/aromatic N) is 6. The number of thioether (sulfide) groups is 1. The van der Waals surface area contributed by atoms with Crippen molar-refractivity contribution in [3.05, 3.63) is 54.2 Å². The number of hydrogen-bond donors (Lipinski definition) is 0. The molecule has 0 aliphatic carbocycles. The van der Waals surface area contributed by atoms with Gasteiger partial charge in [-0.15, -0.1) is 11.8 Å². The van der Waals surface area contributed by atoms with Gasteiger partial charge in [0.15, 0.2) is 5.69 Å². The number of ether oxygens (including phenoxy) is 1. The zero-order valence-corrected chi connectivity index (χ0v) is 19.4. The van der Waals surface area contributed by atoms with Crippen molar-refractivity contribution in [2.24, 2.45) is 0 Å². The number of amides is 1. The Hall–Kier alpha value is -2.62. The number of carbonyl (C=O) groups is 1. The summed E-state index contributed by atoms with van der Waals surface area (Å²) in [5, 5.41) is 5.02. The Labute approximate surface area is 197 Å². The van der Waals surface area contributed by atoms with Gasteiger partial charge in [0.2, 0.25) is 0 Å². The number of aromatic nitrogens is 4. The van der Waals surface area contributed by atoms with Crippen molar-refractivity contribution >= 4 is 17.7 Å². The number of benzene rings is 1. The first-order chi connectivity index (χ1) is 16.3. The zero-order valence-electron chi connectivity index (χ0n) is 18.6. The fraction of sp³-hybridized carbons (Fsp3) is 0.458. The molecule has 6 rings (SSSR count). The van der Waals surface area contributed by atoms with Gasteiger partial charge in [0.1, 0.15) is 0 Å². The molecule has 172 valence electrons. The summed E-state index contributed by atoms with van der Waals surface area (Å²) >= 11 is 1.80. The fourth-order valence-electron chi connectivity index (χ4n) is 5.07. The van der Waals surface area contributed by atoms with Crippen LogP contribution in [0.3, 0.4) is 0 Å². The summed E-state index contributed by atoms with van der Waals surface area (Å²) in [6.45, 7) is 6.37. The maximum absolute atomic E-state index is 13.5. The molecule has 8 nitrogen and oxygen atoms in total. The lowest BCUT2D eigenvalue weighted by Gasteiger charge is -2.26. The average Bonchev–Trinajstić information content (AvgIpc) is 3.62. The summed E-state index contributed by atoms with van der Waals surface area (Å²) < 4.78 is 9.76. The normalized spacial score (nSPS) is 20.6. The topological polar surface area (TPSA) is 68.4 Å². The van der Waals surface area contributed by atoms with E-state index in [0.717, 1.165) is 49.6 Å². The molecule has 2 saturated heterocycles. The molecule has 0 N–H and O–H groups in total. The standard InChI is InChI=1S/C24H28N6O2S/c31-24(29-11-13-32-14-12-29)22-20-16-33-21-4-2-1-3-19(21)23(20)30(26-22)18-5-7-27(15-18)9-10-28-8-6-25-17-28/h1-4,6,8,17-18H,5,7,9-16H2. The van der Waals surface area contributed by atoms with E-state index >= 15 is 0 Å². The van der Waals surface area contributed by atoms with Crippen molar-refractivity contribution in [3.8, 4) is 11.3 Å². The second-order valence-electron chi connectivity index (χ2n) is 8.85. The van der Waals surface area contributed by atoms with Gasteiger partial charge in [-0.25, -0.2) is 4.98 Å². The van der Waals surface area contributed by atoms with E-state index in [9.17, 15) is 4.79 Å². The molecule has 0 saturated carbocycles. The highest BCUT2D eigenvalue weighted by atomic mass is 32.2. The van der Waals surface area contributed by atoms with Crippen LogP contribution < -0.4 is 0 Å². The third kappa shape index (κ3) is 3.98. The number of rotatable bonds is 5. The summed E-state index contributed by atoms with van der Waals surface area (Å²) in [5.41, 5.74) is 4.06. The maximum Gasteiger partial charge on any atom is 0.274 e. The second kappa shape index (κ2) is 8.96. The molecule has 1 aromatic carbocycles. The Morgan fingerprint density at radius 1 is 1.15 bits per heavy atom. The highest BCUT2D eigenvalue weighted by Crippen LogP contribution is 2.44. The fourth-order valence-corrected chi connectivity index (χ4v) is 6.14. The van der Waals surface area contributed by atoms with Crippen LogP contribution in [0.25, 0.3) is 11.3 Å². The Kier molecular flexibility index (Phi) is 5.69. The van der Waals surface area contributed by atoms with Crippen molar-refractivity contribution in [2.75, 3.05) is 45.9 Å². The molecule has 1 amide bonds.